The van der Waals surface area contributed by atoms with Gasteiger partial charge >= 0.3 is 0 Å². The van der Waals surface area contributed by atoms with Crippen LogP contribution in [0.25, 0.3) is 0 Å². The summed E-state index contributed by atoms with van der Waals surface area (Å²) in [4.78, 5) is 15.7. The van der Waals surface area contributed by atoms with E-state index in [4.69, 9.17) is 28.9 Å². The molecule has 1 saturated heterocycles. The number of anilines is 1. The first-order valence-corrected chi connectivity index (χ1v) is 9.97. The van der Waals surface area contributed by atoms with E-state index in [0.29, 0.717) is 22.5 Å². The summed E-state index contributed by atoms with van der Waals surface area (Å²) in [5, 5.41) is 4.30. The minimum atomic E-state index is -0.853. The van der Waals surface area contributed by atoms with Crippen LogP contribution in [0, 0.1) is 5.92 Å². The predicted octanol–water partition coefficient (Wildman–Crippen LogP) is 4.22. The zero-order valence-electron chi connectivity index (χ0n) is 15.4. The summed E-state index contributed by atoms with van der Waals surface area (Å²) < 4.78 is 0. The van der Waals surface area contributed by atoms with Gasteiger partial charge in [-0.1, -0.05) is 55.2 Å². The number of carbonyl (C=O) groups is 1. The summed E-state index contributed by atoms with van der Waals surface area (Å²) >= 11 is 12.5. The molecule has 27 heavy (non-hydrogen) atoms. The molecule has 0 aliphatic carbocycles. The molecule has 4 rings (SSSR count). The van der Waals surface area contributed by atoms with Gasteiger partial charge in [0.1, 0.15) is 5.54 Å². The molecule has 2 aromatic carbocycles. The van der Waals surface area contributed by atoms with Crippen LogP contribution in [0.2, 0.25) is 10.0 Å². The van der Waals surface area contributed by atoms with Crippen LogP contribution in [0.5, 0.6) is 0 Å². The lowest BCUT2D eigenvalue weighted by molar-refractivity contribution is -0.127. The monoisotopic (exact) mass is 403 g/mol. The fraction of sp³-hybridized carbons (Fsp3) is 0.381. The van der Waals surface area contributed by atoms with Crippen molar-refractivity contribution in [3.63, 3.8) is 0 Å². The standard InChI is InChI=1S/C21H23Cl2N3O/c1-12(2)10-26-11-17(24)19(13-4-3-5-14(22)8-13)21(26)16-7-6-15(23)9-18(16)25-20(21)27/h3-9,12,17,19H,10-11,24H2,1-2H3,(H,25,27)/t17-,19+,21-/m1/s1. The molecule has 0 radical (unpaired) electrons. The van der Waals surface area contributed by atoms with Gasteiger partial charge in [-0.25, -0.2) is 0 Å². The van der Waals surface area contributed by atoms with Crippen LogP contribution in [0.3, 0.4) is 0 Å². The van der Waals surface area contributed by atoms with Crippen LogP contribution in [0.4, 0.5) is 5.69 Å². The van der Waals surface area contributed by atoms with E-state index in [0.717, 1.165) is 23.4 Å². The number of halogens is 2. The molecular weight excluding hydrogens is 381 g/mol. The minimum absolute atomic E-state index is 0.0432. The van der Waals surface area contributed by atoms with E-state index in [2.05, 4.69) is 24.1 Å². The lowest BCUT2D eigenvalue weighted by atomic mass is 9.74. The van der Waals surface area contributed by atoms with Crippen LogP contribution >= 0.6 is 23.2 Å². The van der Waals surface area contributed by atoms with Gasteiger partial charge < -0.3 is 11.1 Å². The summed E-state index contributed by atoms with van der Waals surface area (Å²) in [5.74, 6) is 0.159. The maximum absolute atomic E-state index is 13.5. The maximum atomic E-state index is 13.5. The molecule has 6 heteroatoms. The largest absolute Gasteiger partial charge is 0.326 e. The average molecular weight is 404 g/mol. The normalized spacial score (nSPS) is 27.4. The lowest BCUT2D eigenvalue weighted by Gasteiger charge is -2.39. The van der Waals surface area contributed by atoms with Gasteiger partial charge in [0.2, 0.25) is 5.91 Å². The van der Waals surface area contributed by atoms with Crippen LogP contribution in [-0.2, 0) is 10.3 Å². The van der Waals surface area contributed by atoms with Crippen molar-refractivity contribution in [2.24, 2.45) is 11.7 Å². The van der Waals surface area contributed by atoms with Crippen LogP contribution in [0.1, 0.15) is 30.9 Å². The number of carbonyl (C=O) groups excluding carboxylic acids is 1. The Kier molecular flexibility index (Phi) is 4.71. The number of nitrogens with one attached hydrogen (secondary N) is 1. The molecule has 1 spiro atoms. The fourth-order valence-corrected chi connectivity index (χ4v) is 5.14. The molecule has 4 nitrogen and oxygen atoms in total. The minimum Gasteiger partial charge on any atom is -0.326 e. The van der Waals surface area contributed by atoms with Crippen molar-refractivity contribution < 1.29 is 4.79 Å². The summed E-state index contributed by atoms with van der Waals surface area (Å²) in [6.45, 7) is 5.73. The SMILES string of the molecule is CC(C)CN1C[C@@H](N)[C@H](c2cccc(Cl)c2)[C@]12C(=O)Nc1cc(Cl)ccc12. The van der Waals surface area contributed by atoms with Gasteiger partial charge in [0.25, 0.3) is 0 Å². The first-order valence-electron chi connectivity index (χ1n) is 9.21. The smallest absolute Gasteiger partial charge is 0.250 e. The Morgan fingerprint density at radius 2 is 1.96 bits per heavy atom. The van der Waals surface area contributed by atoms with E-state index in [1.165, 1.54) is 0 Å². The Morgan fingerprint density at radius 3 is 2.67 bits per heavy atom. The molecule has 2 aromatic rings. The highest BCUT2D eigenvalue weighted by Crippen LogP contribution is 2.54. The molecule has 3 atom stereocenters. The maximum Gasteiger partial charge on any atom is 0.250 e. The molecule has 3 N–H and O–H groups in total. The van der Waals surface area contributed by atoms with Gasteiger partial charge in [0.05, 0.1) is 0 Å². The van der Waals surface area contributed by atoms with Gasteiger partial charge in [-0.2, -0.15) is 0 Å². The number of hydrogen-bond donors (Lipinski definition) is 2. The Labute approximate surface area is 169 Å². The number of amides is 1. The number of rotatable bonds is 3. The second-order valence-electron chi connectivity index (χ2n) is 7.91. The molecule has 0 unspecified atom stereocenters. The highest BCUT2D eigenvalue weighted by molar-refractivity contribution is 6.31. The van der Waals surface area contributed by atoms with Crippen LogP contribution in [-0.4, -0.2) is 29.9 Å². The van der Waals surface area contributed by atoms with Gasteiger partial charge in [-0.3, -0.25) is 9.69 Å². The van der Waals surface area contributed by atoms with E-state index in [1.54, 1.807) is 0 Å². The predicted molar refractivity (Wildman–Crippen MR) is 110 cm³/mol. The number of nitrogens with two attached hydrogens (primary N) is 1. The van der Waals surface area contributed by atoms with Gasteiger partial charge in [-0.15, -0.1) is 0 Å². The van der Waals surface area contributed by atoms with Crippen molar-refractivity contribution in [3.8, 4) is 0 Å². The van der Waals surface area contributed by atoms with Gasteiger partial charge in [0.15, 0.2) is 0 Å². The third-order valence-electron chi connectivity index (χ3n) is 5.59. The van der Waals surface area contributed by atoms with Gasteiger partial charge in [-0.05, 0) is 35.7 Å². The number of fused-ring (bicyclic) bond motifs is 2. The number of likely N-dealkylation sites (tertiary alicyclic amines) is 1. The first kappa shape index (κ1) is 18.8. The number of benzene rings is 2. The van der Waals surface area contributed by atoms with Crippen molar-refractivity contribution in [2.45, 2.75) is 31.3 Å². The molecule has 2 aliphatic rings. The molecule has 0 saturated carbocycles. The summed E-state index contributed by atoms with van der Waals surface area (Å²) in [6, 6.07) is 13.1. The topological polar surface area (TPSA) is 58.4 Å². The molecule has 0 bridgehead atoms. The molecule has 0 aromatic heterocycles. The van der Waals surface area contributed by atoms with Crippen LogP contribution in [0.15, 0.2) is 42.5 Å². The highest BCUT2D eigenvalue weighted by atomic mass is 35.5. The Balaban J connectivity index is 1.95. The molecule has 1 amide bonds. The van der Waals surface area contributed by atoms with Crippen molar-refractivity contribution in [2.75, 3.05) is 18.4 Å². The highest BCUT2D eigenvalue weighted by Gasteiger charge is 2.62. The van der Waals surface area contributed by atoms with Gasteiger partial charge in [0, 0.05) is 46.3 Å². The third-order valence-corrected chi connectivity index (χ3v) is 6.06. The van der Waals surface area contributed by atoms with Crippen molar-refractivity contribution in [1.82, 2.24) is 4.90 Å². The second kappa shape index (κ2) is 6.78. The third kappa shape index (κ3) is 2.87. The van der Waals surface area contributed by atoms with E-state index >= 15 is 0 Å². The fourth-order valence-electron chi connectivity index (χ4n) is 4.77. The van der Waals surface area contributed by atoms with Crippen molar-refractivity contribution in [1.29, 1.82) is 0 Å². The molecule has 142 valence electrons. The summed E-state index contributed by atoms with van der Waals surface area (Å²) in [7, 11) is 0. The molecule has 1 fully saturated rings. The lowest BCUT2D eigenvalue weighted by Crippen LogP contribution is -2.51. The van der Waals surface area contributed by atoms with E-state index in [-0.39, 0.29) is 17.9 Å². The summed E-state index contributed by atoms with van der Waals surface area (Å²) in [6.07, 6.45) is 0. The zero-order valence-corrected chi connectivity index (χ0v) is 16.9. The zero-order chi connectivity index (χ0) is 19.3. The van der Waals surface area contributed by atoms with Crippen LogP contribution < -0.4 is 11.1 Å². The Bertz CT molecular complexity index is 901. The van der Waals surface area contributed by atoms with E-state index in [1.807, 2.05) is 42.5 Å². The van der Waals surface area contributed by atoms with E-state index in [9.17, 15) is 4.79 Å². The average Bonchev–Trinajstić information content (AvgIpc) is 3.02. The van der Waals surface area contributed by atoms with Crippen molar-refractivity contribution in [3.05, 3.63) is 63.6 Å². The Hall–Kier alpha value is -1.59. The number of nitrogens with zero attached hydrogens (tertiary/aromatic N) is 1. The van der Waals surface area contributed by atoms with E-state index < -0.39 is 5.54 Å². The summed E-state index contributed by atoms with van der Waals surface area (Å²) in [5.41, 5.74) is 8.48. The first-order chi connectivity index (χ1) is 12.8. The Morgan fingerprint density at radius 1 is 1.22 bits per heavy atom. The molecule has 2 heterocycles. The quantitative estimate of drug-likeness (QED) is 0.805. The molecule has 2 aliphatic heterocycles. The van der Waals surface area contributed by atoms with Crippen molar-refractivity contribution >= 4 is 34.8 Å². The number of hydrogen-bond acceptors (Lipinski definition) is 3. The second-order valence-corrected chi connectivity index (χ2v) is 8.78. The molecular formula is C21H23Cl2N3O.